The molecule has 1 aromatic carbocycles. The number of ether oxygens (including phenoxy) is 2. The largest absolute Gasteiger partial charge is 0.492 e. The number of nitrogens with one attached hydrogen (secondary N) is 2. The van der Waals surface area contributed by atoms with Gasteiger partial charge in [-0.3, -0.25) is 14.8 Å². The van der Waals surface area contributed by atoms with E-state index in [4.69, 9.17) is 9.47 Å². The number of carbonyl (C=O) groups excluding carboxylic acids is 1. The Morgan fingerprint density at radius 3 is 3.21 bits per heavy atom. The molecule has 1 aliphatic heterocycles. The van der Waals surface area contributed by atoms with Crippen molar-refractivity contribution in [1.82, 2.24) is 20.4 Å². The van der Waals surface area contributed by atoms with Gasteiger partial charge in [-0.05, 0) is 12.1 Å². The minimum absolute atomic E-state index is 0.0164. The van der Waals surface area contributed by atoms with E-state index in [0.717, 1.165) is 29.2 Å². The quantitative estimate of drug-likeness (QED) is 0.828. The smallest absolute Gasteiger partial charge is 0.234 e. The highest BCUT2D eigenvalue weighted by Crippen LogP contribution is 2.22. The molecule has 0 spiro atoms. The molecule has 2 N–H and O–H groups in total. The maximum Gasteiger partial charge on any atom is 0.234 e. The van der Waals surface area contributed by atoms with Gasteiger partial charge in [0.15, 0.2) is 0 Å². The highest BCUT2D eigenvalue weighted by atomic mass is 16.5. The first kappa shape index (κ1) is 16.5. The summed E-state index contributed by atoms with van der Waals surface area (Å²) in [6.07, 6.45) is 0. The number of fused-ring (bicyclic) bond motifs is 1. The van der Waals surface area contributed by atoms with E-state index in [9.17, 15) is 4.79 Å². The number of aromatic amines is 1. The van der Waals surface area contributed by atoms with Crippen LogP contribution in [0.5, 0.6) is 5.75 Å². The van der Waals surface area contributed by atoms with Gasteiger partial charge in [-0.15, -0.1) is 0 Å². The number of para-hydroxylation sites is 1. The summed E-state index contributed by atoms with van der Waals surface area (Å²) in [7, 11) is 1.62. The Balaban J connectivity index is 1.49. The fraction of sp³-hybridized carbons (Fsp3) is 0.412. The monoisotopic (exact) mass is 330 g/mol. The van der Waals surface area contributed by atoms with Crippen molar-refractivity contribution in [1.29, 1.82) is 0 Å². The standard InChI is InChI=1S/C17H22N4O3/c1-23-12-15-8-14(19-20-15)9-18-17(22)11-21-6-7-24-16-5-3-2-4-13(16)10-21/h2-5,8H,6-7,9-12H2,1H3,(H,18,22)(H,19,20). The summed E-state index contributed by atoms with van der Waals surface area (Å²) in [5, 5.41) is 9.92. The van der Waals surface area contributed by atoms with E-state index in [1.54, 1.807) is 7.11 Å². The van der Waals surface area contributed by atoms with E-state index >= 15 is 0 Å². The van der Waals surface area contributed by atoms with Gasteiger partial charge in [0.25, 0.3) is 0 Å². The molecule has 24 heavy (non-hydrogen) atoms. The average Bonchev–Trinajstić information content (AvgIpc) is 2.92. The molecule has 2 heterocycles. The SMILES string of the molecule is COCc1cc(CNC(=O)CN2CCOc3ccccc3C2)[nH]n1. The number of H-pyrrole nitrogens is 1. The molecular formula is C17H22N4O3. The Morgan fingerprint density at radius 1 is 1.46 bits per heavy atom. The Kier molecular flexibility index (Phi) is 5.45. The molecule has 3 rings (SSSR count). The van der Waals surface area contributed by atoms with Crippen molar-refractivity contribution in [3.63, 3.8) is 0 Å². The topological polar surface area (TPSA) is 79.5 Å². The molecule has 0 fully saturated rings. The van der Waals surface area contributed by atoms with Gasteiger partial charge in [0, 0.05) is 25.8 Å². The van der Waals surface area contributed by atoms with E-state index in [2.05, 4.69) is 20.4 Å². The Hall–Kier alpha value is -2.38. The number of methoxy groups -OCH3 is 1. The van der Waals surface area contributed by atoms with Crippen LogP contribution < -0.4 is 10.1 Å². The zero-order valence-corrected chi connectivity index (χ0v) is 13.7. The van der Waals surface area contributed by atoms with Gasteiger partial charge in [0.1, 0.15) is 12.4 Å². The van der Waals surface area contributed by atoms with Crippen molar-refractivity contribution in [3.8, 4) is 5.75 Å². The number of nitrogens with zero attached hydrogens (tertiary/aromatic N) is 2. The normalized spacial score (nSPS) is 14.5. The van der Waals surface area contributed by atoms with Crippen molar-refractivity contribution in [3.05, 3.63) is 47.3 Å². The summed E-state index contributed by atoms with van der Waals surface area (Å²) in [6.45, 7) is 3.26. The number of hydrogen-bond donors (Lipinski definition) is 2. The molecule has 0 unspecified atom stereocenters. The summed E-state index contributed by atoms with van der Waals surface area (Å²) in [5.41, 5.74) is 2.79. The number of amides is 1. The highest BCUT2D eigenvalue weighted by molar-refractivity contribution is 5.78. The van der Waals surface area contributed by atoms with Gasteiger partial charge >= 0.3 is 0 Å². The third-order valence-electron chi connectivity index (χ3n) is 3.85. The van der Waals surface area contributed by atoms with Crippen LogP contribution in [-0.2, 0) is 29.2 Å². The molecule has 0 saturated heterocycles. The van der Waals surface area contributed by atoms with Gasteiger partial charge < -0.3 is 14.8 Å². The third kappa shape index (κ3) is 4.33. The van der Waals surface area contributed by atoms with Crippen LogP contribution in [0.2, 0.25) is 0 Å². The van der Waals surface area contributed by atoms with Crippen LogP contribution in [0.15, 0.2) is 30.3 Å². The van der Waals surface area contributed by atoms with Gasteiger partial charge in [0.2, 0.25) is 5.91 Å². The van der Waals surface area contributed by atoms with Crippen LogP contribution in [0.4, 0.5) is 0 Å². The zero-order chi connectivity index (χ0) is 16.8. The molecule has 128 valence electrons. The maximum absolute atomic E-state index is 12.2. The zero-order valence-electron chi connectivity index (χ0n) is 13.7. The summed E-state index contributed by atoms with van der Waals surface area (Å²) in [6, 6.07) is 9.84. The molecule has 0 atom stereocenters. The van der Waals surface area contributed by atoms with E-state index < -0.39 is 0 Å². The van der Waals surface area contributed by atoms with Crippen molar-refractivity contribution in [2.75, 3.05) is 26.8 Å². The summed E-state index contributed by atoms with van der Waals surface area (Å²) >= 11 is 0. The van der Waals surface area contributed by atoms with E-state index in [1.165, 1.54) is 0 Å². The van der Waals surface area contributed by atoms with Crippen molar-refractivity contribution in [2.24, 2.45) is 0 Å². The van der Waals surface area contributed by atoms with Gasteiger partial charge in [0.05, 0.1) is 31.1 Å². The summed E-state index contributed by atoms with van der Waals surface area (Å²) in [4.78, 5) is 14.3. The van der Waals surface area contributed by atoms with Gasteiger partial charge in [-0.25, -0.2) is 0 Å². The first-order valence-corrected chi connectivity index (χ1v) is 7.96. The van der Waals surface area contributed by atoms with Crippen molar-refractivity contribution < 1.29 is 14.3 Å². The van der Waals surface area contributed by atoms with Crippen molar-refractivity contribution >= 4 is 5.91 Å². The molecule has 7 heteroatoms. The fourth-order valence-corrected chi connectivity index (χ4v) is 2.69. The minimum Gasteiger partial charge on any atom is -0.492 e. The van der Waals surface area contributed by atoms with Crippen molar-refractivity contribution in [2.45, 2.75) is 19.7 Å². The minimum atomic E-state index is -0.0164. The molecule has 1 aliphatic rings. The van der Waals surface area contributed by atoms with Crippen LogP contribution in [0, 0.1) is 0 Å². The molecule has 7 nitrogen and oxygen atoms in total. The van der Waals surface area contributed by atoms with E-state index in [0.29, 0.717) is 32.8 Å². The van der Waals surface area contributed by atoms with Crippen LogP contribution >= 0.6 is 0 Å². The first-order chi connectivity index (χ1) is 11.7. The fourth-order valence-electron chi connectivity index (χ4n) is 2.69. The number of carbonyl (C=O) groups is 1. The molecular weight excluding hydrogens is 308 g/mol. The molecule has 1 aromatic heterocycles. The maximum atomic E-state index is 12.2. The lowest BCUT2D eigenvalue weighted by Crippen LogP contribution is -2.37. The lowest BCUT2D eigenvalue weighted by atomic mass is 10.2. The summed E-state index contributed by atoms with van der Waals surface area (Å²) in [5.74, 6) is 0.890. The lowest BCUT2D eigenvalue weighted by Gasteiger charge is -2.18. The van der Waals surface area contributed by atoms with Gasteiger partial charge in [-0.1, -0.05) is 18.2 Å². The van der Waals surface area contributed by atoms with Crippen LogP contribution in [0.1, 0.15) is 17.0 Å². The predicted octanol–water partition coefficient (Wildman–Crippen LogP) is 1.07. The van der Waals surface area contributed by atoms with Gasteiger partial charge in [-0.2, -0.15) is 5.10 Å². The molecule has 0 aliphatic carbocycles. The second-order valence-electron chi connectivity index (χ2n) is 5.76. The highest BCUT2D eigenvalue weighted by Gasteiger charge is 2.17. The van der Waals surface area contributed by atoms with Crippen LogP contribution in [0.3, 0.4) is 0 Å². The second kappa shape index (κ2) is 7.94. The number of aromatic nitrogens is 2. The number of rotatable bonds is 6. The second-order valence-corrected chi connectivity index (χ2v) is 5.76. The molecule has 0 saturated carbocycles. The molecule has 0 radical (unpaired) electrons. The molecule has 1 amide bonds. The van der Waals surface area contributed by atoms with E-state index in [-0.39, 0.29) is 5.91 Å². The Labute approximate surface area is 140 Å². The lowest BCUT2D eigenvalue weighted by molar-refractivity contribution is -0.122. The Morgan fingerprint density at radius 2 is 2.33 bits per heavy atom. The predicted molar refractivity (Wildman–Crippen MR) is 88.4 cm³/mol. The van der Waals surface area contributed by atoms with E-state index in [1.807, 2.05) is 30.3 Å². The Bertz CT molecular complexity index is 686. The average molecular weight is 330 g/mol. The summed E-state index contributed by atoms with van der Waals surface area (Å²) < 4.78 is 10.7. The molecule has 0 bridgehead atoms. The first-order valence-electron chi connectivity index (χ1n) is 7.96. The van der Waals surface area contributed by atoms with Crippen LogP contribution in [0.25, 0.3) is 0 Å². The third-order valence-corrected chi connectivity index (χ3v) is 3.85. The number of hydrogen-bond acceptors (Lipinski definition) is 5. The molecule has 2 aromatic rings. The number of benzene rings is 1. The van der Waals surface area contributed by atoms with Crippen LogP contribution in [-0.4, -0.2) is 47.8 Å².